The van der Waals surface area contributed by atoms with Gasteiger partial charge in [0.15, 0.2) is 0 Å². The summed E-state index contributed by atoms with van der Waals surface area (Å²) in [6, 6.07) is -2.89. The van der Waals surface area contributed by atoms with Crippen LogP contribution in [0.15, 0.2) is 34.9 Å². The lowest BCUT2D eigenvalue weighted by Crippen LogP contribution is -2.59. The SMILES string of the molecule is CC[C@H](C)[C@H](NC(=O)[C@@H](NC[C@@H](CCSC/C=C(\C)CC/C=C(\C)CCC=C(C)C)NC(=O)OC(C)(C)C)C(C)C)C(=O)N[C@@H](CCSC)C(=O)O. The summed E-state index contributed by atoms with van der Waals surface area (Å²) in [7, 11) is 0. The molecule has 0 saturated carbocycles. The topological polar surface area (TPSA) is 146 Å². The fourth-order valence-electron chi connectivity index (χ4n) is 5.15. The van der Waals surface area contributed by atoms with Crippen molar-refractivity contribution in [2.45, 2.75) is 151 Å². The van der Waals surface area contributed by atoms with E-state index < -0.39 is 41.7 Å². The minimum Gasteiger partial charge on any atom is -0.480 e. The summed E-state index contributed by atoms with van der Waals surface area (Å²) in [6.07, 6.45) is 14.1. The van der Waals surface area contributed by atoms with E-state index >= 15 is 0 Å². The predicted octanol–water partition coefficient (Wildman–Crippen LogP) is 7.89. The smallest absolute Gasteiger partial charge is 0.407 e. The third kappa shape index (κ3) is 24.0. The number of allylic oxidation sites excluding steroid dienone is 5. The molecule has 0 aliphatic rings. The van der Waals surface area contributed by atoms with Crippen LogP contribution in [0.1, 0.15) is 121 Å². The van der Waals surface area contributed by atoms with Crippen LogP contribution >= 0.6 is 23.5 Å². The molecule has 52 heavy (non-hydrogen) atoms. The summed E-state index contributed by atoms with van der Waals surface area (Å²) in [5, 5.41) is 21.5. The number of alkyl carbamates (subject to hydrolysis) is 1. The normalized spacial score (nSPS) is 15.2. The maximum atomic E-state index is 13.7. The van der Waals surface area contributed by atoms with Gasteiger partial charge >= 0.3 is 12.1 Å². The standard InChI is InChI=1S/C40H72N4O6S2/c1-13-31(8)35(37(46)43-33(38(47)48)22-23-51-12)44-36(45)34(28(4)5)41-26-32(42-39(49)50-40(9,10)11)21-25-52-24-20-30(7)19-15-18-29(6)17-14-16-27(2)3/h16,18,20,28,31-35,41H,13-15,17,19,21-26H2,1-12H3,(H,42,49)(H,43,46)(H,44,45)(H,47,48)/b29-18+,30-20+/t31-,32+,33-,34-,35-/m0/s1. The largest absolute Gasteiger partial charge is 0.480 e. The van der Waals surface area contributed by atoms with Gasteiger partial charge in [-0.2, -0.15) is 23.5 Å². The zero-order chi connectivity index (χ0) is 39.9. The number of thioether (sulfide) groups is 2. The molecular formula is C40H72N4O6S2. The van der Waals surface area contributed by atoms with E-state index in [1.54, 1.807) is 11.8 Å². The third-order valence-electron chi connectivity index (χ3n) is 8.56. The Morgan fingerprint density at radius 2 is 1.40 bits per heavy atom. The zero-order valence-electron chi connectivity index (χ0n) is 34.3. The van der Waals surface area contributed by atoms with E-state index in [9.17, 15) is 24.3 Å². The number of hydrogen-bond donors (Lipinski definition) is 5. The molecule has 0 aromatic heterocycles. The van der Waals surface area contributed by atoms with Crippen molar-refractivity contribution in [1.82, 2.24) is 21.3 Å². The number of aliphatic carboxylic acids is 1. The number of rotatable bonds is 26. The van der Waals surface area contributed by atoms with Gasteiger partial charge in [0, 0.05) is 18.3 Å². The van der Waals surface area contributed by atoms with Crippen molar-refractivity contribution >= 4 is 47.4 Å². The highest BCUT2D eigenvalue weighted by Crippen LogP contribution is 2.15. The maximum Gasteiger partial charge on any atom is 0.407 e. The number of carboxylic acid groups (broad SMARTS) is 1. The molecule has 5 N–H and O–H groups in total. The van der Waals surface area contributed by atoms with Gasteiger partial charge in [0.2, 0.25) is 11.8 Å². The highest BCUT2D eigenvalue weighted by Gasteiger charge is 2.33. The summed E-state index contributed by atoms with van der Waals surface area (Å²) in [4.78, 5) is 51.6. The van der Waals surface area contributed by atoms with Crippen LogP contribution < -0.4 is 21.3 Å². The second-order valence-corrected chi connectivity index (χ2v) is 17.5. The van der Waals surface area contributed by atoms with E-state index in [1.807, 2.05) is 54.7 Å². The third-order valence-corrected chi connectivity index (χ3v) is 10.1. The molecule has 0 aliphatic carbocycles. The molecule has 0 saturated heterocycles. The highest BCUT2D eigenvalue weighted by atomic mass is 32.2. The van der Waals surface area contributed by atoms with E-state index in [4.69, 9.17) is 4.74 Å². The molecule has 0 aromatic carbocycles. The molecule has 10 nitrogen and oxygen atoms in total. The lowest BCUT2D eigenvalue weighted by Gasteiger charge is -2.30. The number of ether oxygens (including phenoxy) is 1. The monoisotopic (exact) mass is 768 g/mol. The number of carbonyl (C=O) groups is 4. The molecule has 0 heterocycles. The van der Waals surface area contributed by atoms with E-state index in [0.717, 1.165) is 37.2 Å². The van der Waals surface area contributed by atoms with Gasteiger partial charge in [0.05, 0.1) is 6.04 Å². The molecule has 0 bridgehead atoms. The summed E-state index contributed by atoms with van der Waals surface area (Å²) in [6.45, 7) is 22.0. The number of nitrogens with one attached hydrogen (secondary N) is 4. The van der Waals surface area contributed by atoms with Gasteiger partial charge in [-0.1, -0.05) is 69.1 Å². The van der Waals surface area contributed by atoms with Crippen LogP contribution in [0.4, 0.5) is 4.79 Å². The van der Waals surface area contributed by atoms with Crippen LogP contribution in [0.5, 0.6) is 0 Å². The summed E-state index contributed by atoms with van der Waals surface area (Å²) in [5.74, 6) is -0.0596. The number of carbonyl (C=O) groups excluding carboxylic acids is 3. The first-order chi connectivity index (χ1) is 24.3. The van der Waals surface area contributed by atoms with E-state index in [2.05, 4.69) is 67.2 Å². The van der Waals surface area contributed by atoms with E-state index in [0.29, 0.717) is 25.1 Å². The Morgan fingerprint density at radius 1 is 0.808 bits per heavy atom. The minimum atomic E-state index is -1.10. The first kappa shape index (κ1) is 49.6. The van der Waals surface area contributed by atoms with Crippen LogP contribution in [0, 0.1) is 11.8 Å². The number of carboxylic acids is 1. The summed E-state index contributed by atoms with van der Waals surface area (Å²) in [5.41, 5.74) is 3.50. The Balaban J connectivity index is 5.50. The predicted molar refractivity (Wildman–Crippen MR) is 221 cm³/mol. The Kier molecular flexibility index (Phi) is 25.9. The first-order valence-electron chi connectivity index (χ1n) is 18.9. The van der Waals surface area contributed by atoms with Crippen LogP contribution in [0.3, 0.4) is 0 Å². The minimum absolute atomic E-state index is 0.130. The fraction of sp³-hybridized carbons (Fsp3) is 0.750. The van der Waals surface area contributed by atoms with Crippen LogP contribution in [-0.2, 0) is 19.1 Å². The van der Waals surface area contributed by atoms with Gasteiger partial charge in [-0.05, 0) is 117 Å². The Bertz CT molecular complexity index is 1180. The molecule has 300 valence electrons. The molecule has 12 heteroatoms. The van der Waals surface area contributed by atoms with Crippen molar-refractivity contribution in [1.29, 1.82) is 0 Å². The summed E-state index contributed by atoms with van der Waals surface area (Å²) < 4.78 is 5.54. The molecule has 0 rings (SSSR count). The molecule has 0 spiro atoms. The van der Waals surface area contributed by atoms with E-state index in [1.165, 1.54) is 28.5 Å². The van der Waals surface area contributed by atoms with Crippen LogP contribution in [0.25, 0.3) is 0 Å². The fourth-order valence-corrected chi connectivity index (χ4v) is 6.64. The molecule has 5 atom stereocenters. The quantitative estimate of drug-likeness (QED) is 0.0438. The Morgan fingerprint density at radius 3 is 1.94 bits per heavy atom. The van der Waals surface area contributed by atoms with Crippen LogP contribution in [-0.4, -0.2) is 88.8 Å². The number of hydrogen-bond acceptors (Lipinski definition) is 8. The zero-order valence-corrected chi connectivity index (χ0v) is 35.9. The van der Waals surface area contributed by atoms with Crippen molar-refractivity contribution in [3.63, 3.8) is 0 Å². The molecule has 0 radical (unpaired) electrons. The second kappa shape index (κ2) is 27.2. The van der Waals surface area contributed by atoms with Gasteiger partial charge in [-0.3, -0.25) is 9.59 Å². The van der Waals surface area contributed by atoms with Crippen LogP contribution in [0.2, 0.25) is 0 Å². The molecule has 0 fully saturated rings. The van der Waals surface area contributed by atoms with Gasteiger partial charge < -0.3 is 31.1 Å². The molecular weight excluding hydrogens is 697 g/mol. The highest BCUT2D eigenvalue weighted by molar-refractivity contribution is 7.99. The molecule has 0 unspecified atom stereocenters. The second-order valence-electron chi connectivity index (χ2n) is 15.3. The van der Waals surface area contributed by atoms with Gasteiger partial charge in [0.1, 0.15) is 17.7 Å². The molecule has 0 aromatic rings. The van der Waals surface area contributed by atoms with Crippen molar-refractivity contribution < 1.29 is 29.0 Å². The maximum absolute atomic E-state index is 13.7. The Hall–Kier alpha value is -2.44. The summed E-state index contributed by atoms with van der Waals surface area (Å²) >= 11 is 3.30. The van der Waals surface area contributed by atoms with Crippen molar-refractivity contribution in [3.8, 4) is 0 Å². The number of amides is 3. The lowest BCUT2D eigenvalue weighted by atomic mass is 9.96. The molecule has 0 aliphatic heterocycles. The van der Waals surface area contributed by atoms with Gasteiger partial charge in [0.25, 0.3) is 0 Å². The van der Waals surface area contributed by atoms with E-state index in [-0.39, 0.29) is 30.2 Å². The Labute approximate surface area is 324 Å². The van der Waals surface area contributed by atoms with Crippen molar-refractivity contribution in [2.75, 3.05) is 30.1 Å². The van der Waals surface area contributed by atoms with Crippen molar-refractivity contribution in [3.05, 3.63) is 34.9 Å². The first-order valence-corrected chi connectivity index (χ1v) is 21.4. The van der Waals surface area contributed by atoms with Gasteiger partial charge in [-0.25, -0.2) is 9.59 Å². The average molecular weight is 769 g/mol. The molecule has 3 amide bonds. The lowest BCUT2D eigenvalue weighted by molar-refractivity contribution is -0.142. The average Bonchev–Trinajstić information content (AvgIpc) is 3.03. The van der Waals surface area contributed by atoms with Crippen molar-refractivity contribution in [2.24, 2.45) is 11.8 Å². The van der Waals surface area contributed by atoms with Gasteiger partial charge in [-0.15, -0.1) is 0 Å².